The SMILES string of the molecule is CCN(CC)C(C)c1cccc2c1nnn2O. The molecule has 5 nitrogen and oxygen atoms in total. The lowest BCUT2D eigenvalue weighted by molar-refractivity contribution is 0.155. The van der Waals surface area contributed by atoms with Gasteiger partial charge in [0.05, 0.1) is 0 Å². The van der Waals surface area contributed by atoms with Gasteiger partial charge < -0.3 is 5.21 Å². The Labute approximate surface area is 101 Å². The van der Waals surface area contributed by atoms with Gasteiger partial charge in [0.25, 0.3) is 0 Å². The fourth-order valence-electron chi connectivity index (χ4n) is 2.26. The standard InChI is InChI=1S/C12H18N4O/c1-4-15(5-2)9(3)10-7-6-8-11-12(10)13-14-16(11)17/h6-9,17H,4-5H2,1-3H3. The van der Waals surface area contributed by atoms with Gasteiger partial charge in [-0.2, -0.15) is 0 Å². The third kappa shape index (κ3) is 1.98. The topological polar surface area (TPSA) is 54.2 Å². The summed E-state index contributed by atoms with van der Waals surface area (Å²) in [6.07, 6.45) is 0. The Bertz CT molecular complexity index is 504. The maximum Gasteiger partial charge on any atom is 0.131 e. The molecule has 0 aliphatic heterocycles. The van der Waals surface area contributed by atoms with Crippen LogP contribution in [0.1, 0.15) is 32.4 Å². The summed E-state index contributed by atoms with van der Waals surface area (Å²) in [5, 5.41) is 17.2. The molecule has 0 bridgehead atoms. The molecule has 2 rings (SSSR count). The van der Waals surface area contributed by atoms with E-state index in [1.165, 1.54) is 0 Å². The van der Waals surface area contributed by atoms with Crippen LogP contribution in [0.5, 0.6) is 0 Å². The summed E-state index contributed by atoms with van der Waals surface area (Å²) in [5.41, 5.74) is 2.53. The number of hydrogen-bond acceptors (Lipinski definition) is 4. The second-order valence-electron chi connectivity index (χ2n) is 4.09. The van der Waals surface area contributed by atoms with Crippen molar-refractivity contribution < 1.29 is 5.21 Å². The molecule has 0 saturated heterocycles. The molecule has 92 valence electrons. The molecule has 2 aromatic rings. The molecule has 5 heteroatoms. The molecule has 1 atom stereocenters. The van der Waals surface area contributed by atoms with Crippen LogP contribution in [0.2, 0.25) is 0 Å². The van der Waals surface area contributed by atoms with Gasteiger partial charge >= 0.3 is 0 Å². The predicted octanol–water partition coefficient (Wildman–Crippen LogP) is 2.07. The maximum atomic E-state index is 9.50. The minimum Gasteiger partial charge on any atom is -0.410 e. The molecule has 0 radical (unpaired) electrons. The highest BCUT2D eigenvalue weighted by Gasteiger charge is 2.17. The minimum atomic E-state index is 0.269. The van der Waals surface area contributed by atoms with Crippen LogP contribution in [0.3, 0.4) is 0 Å². The van der Waals surface area contributed by atoms with E-state index in [-0.39, 0.29) is 6.04 Å². The smallest absolute Gasteiger partial charge is 0.131 e. The predicted molar refractivity (Wildman–Crippen MR) is 66.0 cm³/mol. The lowest BCUT2D eigenvalue weighted by Gasteiger charge is -2.26. The fraction of sp³-hybridized carbons (Fsp3) is 0.500. The first-order valence-electron chi connectivity index (χ1n) is 5.96. The zero-order valence-electron chi connectivity index (χ0n) is 10.5. The van der Waals surface area contributed by atoms with Gasteiger partial charge in [-0.1, -0.05) is 30.8 Å². The highest BCUT2D eigenvalue weighted by molar-refractivity contribution is 5.78. The maximum absolute atomic E-state index is 9.50. The lowest BCUT2D eigenvalue weighted by Crippen LogP contribution is -2.26. The molecular weight excluding hydrogens is 216 g/mol. The van der Waals surface area contributed by atoms with Crippen LogP contribution in [0, 0.1) is 0 Å². The number of nitrogens with zero attached hydrogens (tertiary/aromatic N) is 4. The normalized spacial score (nSPS) is 13.4. The van der Waals surface area contributed by atoms with E-state index in [2.05, 4.69) is 36.0 Å². The van der Waals surface area contributed by atoms with Crippen molar-refractivity contribution in [3.63, 3.8) is 0 Å². The van der Waals surface area contributed by atoms with Gasteiger partial charge in [0.2, 0.25) is 0 Å². The largest absolute Gasteiger partial charge is 0.410 e. The Kier molecular flexibility index (Phi) is 3.28. The summed E-state index contributed by atoms with van der Waals surface area (Å²) in [6.45, 7) is 8.41. The first kappa shape index (κ1) is 11.9. The van der Waals surface area contributed by atoms with Gasteiger partial charge in [-0.25, -0.2) is 0 Å². The monoisotopic (exact) mass is 234 g/mol. The molecule has 0 amide bonds. The van der Waals surface area contributed by atoms with E-state index in [9.17, 15) is 5.21 Å². The van der Waals surface area contributed by atoms with Crippen LogP contribution in [-0.2, 0) is 0 Å². The van der Waals surface area contributed by atoms with Crippen molar-refractivity contribution >= 4 is 11.0 Å². The Morgan fingerprint density at radius 1 is 1.35 bits per heavy atom. The zero-order chi connectivity index (χ0) is 12.4. The Morgan fingerprint density at radius 3 is 2.71 bits per heavy atom. The lowest BCUT2D eigenvalue weighted by atomic mass is 10.1. The average Bonchev–Trinajstić information content (AvgIpc) is 2.73. The molecular formula is C12H18N4O. The van der Waals surface area contributed by atoms with E-state index in [0.717, 1.165) is 29.0 Å². The molecule has 0 fully saturated rings. The molecule has 0 aliphatic carbocycles. The van der Waals surface area contributed by atoms with Crippen molar-refractivity contribution in [2.24, 2.45) is 0 Å². The molecule has 0 saturated carbocycles. The summed E-state index contributed by atoms with van der Waals surface area (Å²) in [5.74, 6) is 0. The number of hydrogen-bond donors (Lipinski definition) is 1. The molecule has 1 unspecified atom stereocenters. The number of benzene rings is 1. The van der Waals surface area contributed by atoms with Crippen molar-refractivity contribution in [3.8, 4) is 0 Å². The highest BCUT2D eigenvalue weighted by atomic mass is 16.5. The first-order valence-corrected chi connectivity index (χ1v) is 5.96. The molecule has 1 aromatic heterocycles. The molecule has 1 aromatic carbocycles. The van der Waals surface area contributed by atoms with E-state index >= 15 is 0 Å². The molecule has 17 heavy (non-hydrogen) atoms. The van der Waals surface area contributed by atoms with E-state index in [4.69, 9.17) is 0 Å². The number of rotatable bonds is 4. The molecule has 0 aliphatic rings. The van der Waals surface area contributed by atoms with Crippen LogP contribution in [0.4, 0.5) is 0 Å². The van der Waals surface area contributed by atoms with E-state index in [0.29, 0.717) is 5.52 Å². The summed E-state index contributed by atoms with van der Waals surface area (Å²) >= 11 is 0. The number of fused-ring (bicyclic) bond motifs is 1. The summed E-state index contributed by atoms with van der Waals surface area (Å²) in [7, 11) is 0. The summed E-state index contributed by atoms with van der Waals surface area (Å²) in [4.78, 5) is 3.17. The summed E-state index contributed by atoms with van der Waals surface area (Å²) in [6, 6.07) is 6.05. The van der Waals surface area contributed by atoms with Crippen LogP contribution < -0.4 is 0 Å². The second-order valence-corrected chi connectivity index (χ2v) is 4.09. The van der Waals surface area contributed by atoms with Crippen LogP contribution in [0.25, 0.3) is 11.0 Å². The van der Waals surface area contributed by atoms with Gasteiger partial charge in [-0.3, -0.25) is 4.90 Å². The van der Waals surface area contributed by atoms with E-state index in [1.54, 1.807) is 0 Å². The second kappa shape index (κ2) is 4.71. The fourth-order valence-corrected chi connectivity index (χ4v) is 2.26. The van der Waals surface area contributed by atoms with Crippen molar-refractivity contribution in [2.45, 2.75) is 26.8 Å². The van der Waals surface area contributed by atoms with Gasteiger partial charge in [0, 0.05) is 6.04 Å². The van der Waals surface area contributed by atoms with Gasteiger partial charge in [0.1, 0.15) is 11.0 Å². The first-order chi connectivity index (χ1) is 8.19. The Morgan fingerprint density at radius 2 is 2.06 bits per heavy atom. The van der Waals surface area contributed by atoms with Crippen LogP contribution in [-0.4, -0.2) is 38.4 Å². The van der Waals surface area contributed by atoms with Crippen molar-refractivity contribution in [1.82, 2.24) is 20.1 Å². The quantitative estimate of drug-likeness (QED) is 0.823. The van der Waals surface area contributed by atoms with E-state index in [1.807, 2.05) is 18.2 Å². The average molecular weight is 234 g/mol. The van der Waals surface area contributed by atoms with Crippen molar-refractivity contribution in [1.29, 1.82) is 0 Å². The summed E-state index contributed by atoms with van der Waals surface area (Å²) < 4.78 is 0. The zero-order valence-corrected chi connectivity index (χ0v) is 10.5. The third-order valence-corrected chi connectivity index (χ3v) is 3.30. The van der Waals surface area contributed by atoms with Gasteiger partial charge in [-0.15, -0.1) is 5.10 Å². The molecule has 1 N–H and O–H groups in total. The molecule has 1 heterocycles. The Balaban J connectivity index is 2.47. The van der Waals surface area contributed by atoms with Gasteiger partial charge in [0.15, 0.2) is 0 Å². The van der Waals surface area contributed by atoms with Crippen molar-refractivity contribution in [3.05, 3.63) is 23.8 Å². The highest BCUT2D eigenvalue weighted by Crippen LogP contribution is 2.25. The van der Waals surface area contributed by atoms with Gasteiger partial charge in [-0.05, 0) is 36.9 Å². The van der Waals surface area contributed by atoms with Crippen molar-refractivity contribution in [2.75, 3.05) is 13.1 Å². The molecule has 0 spiro atoms. The van der Waals surface area contributed by atoms with Crippen LogP contribution >= 0.6 is 0 Å². The third-order valence-electron chi connectivity index (χ3n) is 3.30. The Hall–Kier alpha value is -1.62. The number of aromatic nitrogens is 3. The van der Waals surface area contributed by atoms with E-state index < -0.39 is 0 Å². The van der Waals surface area contributed by atoms with Crippen LogP contribution in [0.15, 0.2) is 18.2 Å². The minimum absolute atomic E-state index is 0.269.